The lowest BCUT2D eigenvalue weighted by Gasteiger charge is -2.03. The lowest BCUT2D eigenvalue weighted by molar-refractivity contribution is -0.385. The number of nitrogens with zero attached hydrogens (tertiary/aromatic N) is 1. The summed E-state index contributed by atoms with van der Waals surface area (Å²) >= 11 is 0. The monoisotopic (exact) mass is 251 g/mol. The molecule has 0 amide bonds. The first-order chi connectivity index (χ1) is 8.65. The summed E-state index contributed by atoms with van der Waals surface area (Å²) in [6, 6.07) is 6.76. The van der Waals surface area contributed by atoms with Crippen LogP contribution in [0.1, 0.15) is 31.2 Å². The average molecular weight is 251 g/mol. The lowest BCUT2D eigenvalue weighted by atomic mass is 10.0. The molecule has 0 heterocycles. The standard InChI is InChI=1S/C13H17NO4/c1-18-13(15)10-4-2-3-7-11-8-5-6-9-12(11)14(16)17/h5-6,8-9H,2-4,7,10H2,1H3. The zero-order chi connectivity index (χ0) is 13.4. The number of carbonyl (C=O) groups excluding carboxylic acids is 1. The van der Waals surface area contributed by atoms with Gasteiger partial charge in [-0.15, -0.1) is 0 Å². The predicted molar refractivity (Wildman–Crippen MR) is 67.3 cm³/mol. The summed E-state index contributed by atoms with van der Waals surface area (Å²) in [6.45, 7) is 0. The van der Waals surface area contributed by atoms with E-state index in [1.165, 1.54) is 13.2 Å². The van der Waals surface area contributed by atoms with E-state index in [9.17, 15) is 14.9 Å². The molecule has 5 heteroatoms. The van der Waals surface area contributed by atoms with E-state index in [0.29, 0.717) is 12.8 Å². The zero-order valence-electron chi connectivity index (χ0n) is 10.4. The molecule has 1 rings (SSSR count). The first kappa shape index (κ1) is 14.2. The summed E-state index contributed by atoms with van der Waals surface area (Å²) in [5.74, 6) is -0.208. The van der Waals surface area contributed by atoms with Gasteiger partial charge in [0.2, 0.25) is 0 Å². The Hall–Kier alpha value is -1.91. The van der Waals surface area contributed by atoms with Crippen molar-refractivity contribution >= 4 is 11.7 Å². The van der Waals surface area contributed by atoms with Crippen molar-refractivity contribution in [3.05, 3.63) is 39.9 Å². The lowest BCUT2D eigenvalue weighted by Crippen LogP contribution is -2.00. The van der Waals surface area contributed by atoms with E-state index in [-0.39, 0.29) is 16.6 Å². The predicted octanol–water partition coefficient (Wildman–Crippen LogP) is 2.87. The number of para-hydroxylation sites is 1. The molecule has 0 saturated heterocycles. The molecule has 1 aromatic carbocycles. The second-order valence-electron chi connectivity index (χ2n) is 4.02. The number of unbranched alkanes of at least 4 members (excludes halogenated alkanes) is 2. The van der Waals surface area contributed by atoms with Crippen molar-refractivity contribution in [2.24, 2.45) is 0 Å². The van der Waals surface area contributed by atoms with E-state index in [0.717, 1.165) is 24.8 Å². The van der Waals surface area contributed by atoms with Crippen molar-refractivity contribution < 1.29 is 14.5 Å². The summed E-state index contributed by atoms with van der Waals surface area (Å²) in [5, 5.41) is 10.8. The van der Waals surface area contributed by atoms with Crippen molar-refractivity contribution in [2.75, 3.05) is 7.11 Å². The fourth-order valence-corrected chi connectivity index (χ4v) is 1.76. The van der Waals surface area contributed by atoms with E-state index in [1.54, 1.807) is 18.2 Å². The molecule has 0 bridgehead atoms. The number of rotatable bonds is 7. The van der Waals surface area contributed by atoms with Gasteiger partial charge in [0.25, 0.3) is 5.69 Å². The highest BCUT2D eigenvalue weighted by Crippen LogP contribution is 2.20. The number of ether oxygens (including phenoxy) is 1. The van der Waals surface area contributed by atoms with Gasteiger partial charge in [-0.3, -0.25) is 14.9 Å². The smallest absolute Gasteiger partial charge is 0.305 e. The van der Waals surface area contributed by atoms with Crippen molar-refractivity contribution in [3.63, 3.8) is 0 Å². The largest absolute Gasteiger partial charge is 0.469 e. The van der Waals surface area contributed by atoms with Gasteiger partial charge in [0.05, 0.1) is 12.0 Å². The molecule has 0 radical (unpaired) electrons. The summed E-state index contributed by atoms with van der Waals surface area (Å²) in [4.78, 5) is 21.3. The Balaban J connectivity index is 2.35. The van der Waals surface area contributed by atoms with Gasteiger partial charge in [0, 0.05) is 18.1 Å². The third kappa shape index (κ3) is 4.53. The van der Waals surface area contributed by atoms with Gasteiger partial charge in [-0.2, -0.15) is 0 Å². The molecule has 1 aromatic rings. The molecule has 0 saturated carbocycles. The Morgan fingerprint density at radius 1 is 1.28 bits per heavy atom. The highest BCUT2D eigenvalue weighted by molar-refractivity contribution is 5.68. The summed E-state index contributed by atoms with van der Waals surface area (Å²) in [6.07, 6.45) is 3.53. The number of hydrogen-bond donors (Lipinski definition) is 0. The third-order valence-corrected chi connectivity index (χ3v) is 2.74. The Morgan fingerprint density at radius 2 is 2.00 bits per heavy atom. The van der Waals surface area contributed by atoms with Crippen molar-refractivity contribution in [1.82, 2.24) is 0 Å². The zero-order valence-corrected chi connectivity index (χ0v) is 10.4. The van der Waals surface area contributed by atoms with Crippen LogP contribution in [-0.2, 0) is 16.0 Å². The first-order valence-corrected chi connectivity index (χ1v) is 5.94. The minimum absolute atomic E-state index is 0.172. The van der Waals surface area contributed by atoms with E-state index in [4.69, 9.17) is 0 Å². The maximum atomic E-state index is 10.9. The molecule has 5 nitrogen and oxygen atoms in total. The van der Waals surface area contributed by atoms with Gasteiger partial charge >= 0.3 is 5.97 Å². The molecule has 0 unspecified atom stereocenters. The Kier molecular flexibility index (Phi) is 5.84. The van der Waals surface area contributed by atoms with Crippen molar-refractivity contribution in [1.29, 1.82) is 0 Å². The van der Waals surface area contributed by atoms with E-state index in [2.05, 4.69) is 4.74 Å². The Labute approximate surface area is 106 Å². The number of esters is 1. The highest BCUT2D eigenvalue weighted by atomic mass is 16.6. The van der Waals surface area contributed by atoms with Crippen LogP contribution in [0.15, 0.2) is 24.3 Å². The van der Waals surface area contributed by atoms with Crippen LogP contribution >= 0.6 is 0 Å². The number of aryl methyl sites for hydroxylation is 1. The number of methoxy groups -OCH3 is 1. The molecule has 0 spiro atoms. The van der Waals surface area contributed by atoms with Crippen LogP contribution in [0.5, 0.6) is 0 Å². The molecular formula is C13H17NO4. The molecule has 0 aromatic heterocycles. The van der Waals surface area contributed by atoms with E-state index >= 15 is 0 Å². The number of nitro groups is 1. The summed E-state index contributed by atoms with van der Waals surface area (Å²) in [7, 11) is 1.37. The van der Waals surface area contributed by atoms with Gasteiger partial charge in [0.15, 0.2) is 0 Å². The molecule has 0 aliphatic carbocycles. The van der Waals surface area contributed by atoms with Crippen LogP contribution in [0.4, 0.5) is 5.69 Å². The van der Waals surface area contributed by atoms with Crippen molar-refractivity contribution in [2.45, 2.75) is 32.1 Å². The fourth-order valence-electron chi connectivity index (χ4n) is 1.76. The van der Waals surface area contributed by atoms with Crippen LogP contribution in [-0.4, -0.2) is 18.0 Å². The minimum Gasteiger partial charge on any atom is -0.469 e. The maximum absolute atomic E-state index is 10.9. The van der Waals surface area contributed by atoms with Crippen molar-refractivity contribution in [3.8, 4) is 0 Å². The van der Waals surface area contributed by atoms with Gasteiger partial charge < -0.3 is 4.74 Å². The molecule has 18 heavy (non-hydrogen) atoms. The molecule has 0 atom stereocenters. The number of nitro benzene ring substituents is 1. The topological polar surface area (TPSA) is 69.4 Å². The first-order valence-electron chi connectivity index (χ1n) is 5.94. The van der Waals surface area contributed by atoms with Gasteiger partial charge in [-0.05, 0) is 19.3 Å². The van der Waals surface area contributed by atoms with Crippen LogP contribution in [0.2, 0.25) is 0 Å². The van der Waals surface area contributed by atoms with E-state index < -0.39 is 0 Å². The molecular weight excluding hydrogens is 234 g/mol. The Bertz CT molecular complexity index is 417. The molecule has 0 fully saturated rings. The van der Waals surface area contributed by atoms with Gasteiger partial charge in [-0.25, -0.2) is 0 Å². The van der Waals surface area contributed by atoms with Crippen LogP contribution in [0.3, 0.4) is 0 Å². The second-order valence-corrected chi connectivity index (χ2v) is 4.02. The number of carbonyl (C=O) groups is 1. The third-order valence-electron chi connectivity index (χ3n) is 2.74. The fraction of sp³-hybridized carbons (Fsp3) is 0.462. The molecule has 0 aliphatic rings. The number of benzene rings is 1. The Morgan fingerprint density at radius 3 is 2.67 bits per heavy atom. The molecule has 0 aliphatic heterocycles. The van der Waals surface area contributed by atoms with E-state index in [1.807, 2.05) is 0 Å². The highest BCUT2D eigenvalue weighted by Gasteiger charge is 2.11. The van der Waals surface area contributed by atoms with Crippen LogP contribution in [0.25, 0.3) is 0 Å². The second kappa shape index (κ2) is 7.42. The van der Waals surface area contributed by atoms with Gasteiger partial charge in [0.1, 0.15) is 0 Å². The van der Waals surface area contributed by atoms with Crippen LogP contribution in [0, 0.1) is 10.1 Å². The average Bonchev–Trinajstić information content (AvgIpc) is 2.38. The summed E-state index contributed by atoms with van der Waals surface area (Å²) < 4.78 is 4.54. The normalized spacial score (nSPS) is 10.1. The SMILES string of the molecule is COC(=O)CCCCCc1ccccc1[N+](=O)[O-]. The van der Waals surface area contributed by atoms with Gasteiger partial charge in [-0.1, -0.05) is 24.6 Å². The number of hydrogen-bond acceptors (Lipinski definition) is 4. The maximum Gasteiger partial charge on any atom is 0.305 e. The summed E-state index contributed by atoms with van der Waals surface area (Å²) in [5.41, 5.74) is 0.922. The molecule has 98 valence electrons. The quantitative estimate of drug-likeness (QED) is 0.323. The molecule has 0 N–H and O–H groups in total. The minimum atomic E-state index is -0.357. The van der Waals surface area contributed by atoms with Crippen LogP contribution < -0.4 is 0 Å².